The molecule has 2 amide bonds. The first-order chi connectivity index (χ1) is 13.0. The van der Waals surface area contributed by atoms with E-state index in [1.165, 1.54) is 0 Å². The Hall–Kier alpha value is -3.02. The van der Waals surface area contributed by atoms with Crippen LogP contribution in [0.3, 0.4) is 0 Å². The number of carbonyl (C=O) groups is 2. The number of benzene rings is 2. The first-order valence-electron chi connectivity index (χ1n) is 9.02. The molecule has 2 atom stereocenters. The Morgan fingerprint density at radius 1 is 0.926 bits per heavy atom. The lowest BCUT2D eigenvalue weighted by atomic mass is 9.98. The number of hydrazine groups is 1. The van der Waals surface area contributed by atoms with Crippen LogP contribution < -0.4 is 20.3 Å². The predicted octanol–water partition coefficient (Wildman–Crippen LogP) is 3.19. The van der Waals surface area contributed by atoms with Crippen LogP contribution in [0.15, 0.2) is 54.6 Å². The summed E-state index contributed by atoms with van der Waals surface area (Å²) in [4.78, 5) is 24.1. The maximum absolute atomic E-state index is 12.1. The number of ether oxygens (including phenoxy) is 2. The number of hydrogen-bond donors (Lipinski definition) is 2. The summed E-state index contributed by atoms with van der Waals surface area (Å²) in [6.45, 7) is 6.08. The van der Waals surface area contributed by atoms with Crippen LogP contribution in [-0.2, 0) is 9.59 Å². The van der Waals surface area contributed by atoms with E-state index in [1.807, 2.05) is 44.2 Å². The summed E-state index contributed by atoms with van der Waals surface area (Å²) in [5.74, 6) is 0.657. The summed E-state index contributed by atoms with van der Waals surface area (Å²) < 4.78 is 10.9. The zero-order valence-electron chi connectivity index (χ0n) is 15.9. The average Bonchev–Trinajstić information content (AvgIpc) is 2.68. The van der Waals surface area contributed by atoms with E-state index in [1.54, 1.807) is 31.2 Å². The van der Waals surface area contributed by atoms with Gasteiger partial charge in [-0.15, -0.1) is 0 Å². The summed E-state index contributed by atoms with van der Waals surface area (Å²) in [6.07, 6.45) is -0.479. The topological polar surface area (TPSA) is 76.7 Å². The highest BCUT2D eigenvalue weighted by molar-refractivity contribution is 5.84. The number of carbonyl (C=O) groups excluding carboxylic acids is 2. The van der Waals surface area contributed by atoms with E-state index in [0.717, 1.165) is 11.3 Å². The van der Waals surface area contributed by atoms with Crippen molar-refractivity contribution in [1.29, 1.82) is 0 Å². The molecule has 0 aromatic heterocycles. The highest BCUT2D eigenvalue weighted by Gasteiger charge is 2.17. The highest BCUT2D eigenvalue weighted by Crippen LogP contribution is 2.19. The molecule has 2 aromatic rings. The summed E-state index contributed by atoms with van der Waals surface area (Å²) in [5, 5.41) is 0. The van der Waals surface area contributed by atoms with Crippen molar-refractivity contribution >= 4 is 11.8 Å². The van der Waals surface area contributed by atoms with Crippen LogP contribution in [0, 0.1) is 0 Å². The second-order valence-corrected chi connectivity index (χ2v) is 6.22. The van der Waals surface area contributed by atoms with E-state index in [4.69, 9.17) is 9.47 Å². The zero-order chi connectivity index (χ0) is 19.6. The lowest BCUT2D eigenvalue weighted by Gasteiger charge is -2.16. The van der Waals surface area contributed by atoms with Gasteiger partial charge in [-0.3, -0.25) is 20.4 Å². The molecule has 0 saturated heterocycles. The summed E-state index contributed by atoms with van der Waals surface area (Å²) >= 11 is 0. The molecule has 0 radical (unpaired) electrons. The van der Waals surface area contributed by atoms with Crippen LogP contribution >= 0.6 is 0 Å². The number of rotatable bonds is 8. The molecule has 6 nitrogen and oxygen atoms in total. The molecule has 0 aliphatic rings. The standard InChI is InChI=1S/C21H26N2O4/c1-4-26-18-10-12-19(13-11-18)27-16(3)21(25)23-22-20(24)14-15(2)17-8-6-5-7-9-17/h5-13,15-16H,4,14H2,1-3H3,(H,22,24)(H,23,25). The smallest absolute Gasteiger partial charge is 0.279 e. The highest BCUT2D eigenvalue weighted by atomic mass is 16.5. The third-order valence-corrected chi connectivity index (χ3v) is 4.00. The average molecular weight is 370 g/mol. The van der Waals surface area contributed by atoms with Gasteiger partial charge in [-0.2, -0.15) is 0 Å². The maximum atomic E-state index is 12.1. The first-order valence-corrected chi connectivity index (χ1v) is 9.02. The lowest BCUT2D eigenvalue weighted by molar-refractivity contribution is -0.132. The molecular weight excluding hydrogens is 344 g/mol. The van der Waals surface area contributed by atoms with Crippen molar-refractivity contribution in [1.82, 2.24) is 10.9 Å². The van der Waals surface area contributed by atoms with Crippen LogP contribution in [0.25, 0.3) is 0 Å². The second-order valence-electron chi connectivity index (χ2n) is 6.22. The molecule has 0 fully saturated rings. The number of hydrogen-bond acceptors (Lipinski definition) is 4. The quantitative estimate of drug-likeness (QED) is 0.700. The fraction of sp³-hybridized carbons (Fsp3) is 0.333. The fourth-order valence-corrected chi connectivity index (χ4v) is 2.50. The molecule has 0 saturated carbocycles. The zero-order valence-corrected chi connectivity index (χ0v) is 15.9. The molecule has 2 N–H and O–H groups in total. The molecular formula is C21H26N2O4. The van der Waals surface area contributed by atoms with Crippen LogP contribution in [0.1, 0.15) is 38.7 Å². The van der Waals surface area contributed by atoms with Crippen molar-refractivity contribution in [2.24, 2.45) is 0 Å². The van der Waals surface area contributed by atoms with Gasteiger partial charge in [0.15, 0.2) is 6.10 Å². The van der Waals surface area contributed by atoms with Crippen molar-refractivity contribution in [3.8, 4) is 11.5 Å². The van der Waals surface area contributed by atoms with Gasteiger partial charge in [0.2, 0.25) is 5.91 Å². The maximum Gasteiger partial charge on any atom is 0.279 e. The van der Waals surface area contributed by atoms with Crippen LogP contribution in [0.5, 0.6) is 11.5 Å². The van der Waals surface area contributed by atoms with E-state index in [-0.39, 0.29) is 18.2 Å². The van der Waals surface area contributed by atoms with Gasteiger partial charge in [0.25, 0.3) is 5.91 Å². The molecule has 0 aliphatic carbocycles. The fourth-order valence-electron chi connectivity index (χ4n) is 2.50. The molecule has 0 aliphatic heterocycles. The summed E-state index contributed by atoms with van der Waals surface area (Å²) in [7, 11) is 0. The van der Waals surface area contributed by atoms with Gasteiger partial charge in [-0.25, -0.2) is 0 Å². The minimum absolute atomic E-state index is 0.0561. The largest absolute Gasteiger partial charge is 0.494 e. The number of amides is 2. The van der Waals surface area contributed by atoms with Gasteiger partial charge in [-0.1, -0.05) is 37.3 Å². The van der Waals surface area contributed by atoms with E-state index in [9.17, 15) is 9.59 Å². The van der Waals surface area contributed by atoms with Crippen molar-refractivity contribution in [3.05, 3.63) is 60.2 Å². The molecule has 0 bridgehead atoms. The minimum atomic E-state index is -0.755. The molecule has 0 spiro atoms. The van der Waals surface area contributed by atoms with Gasteiger partial charge < -0.3 is 9.47 Å². The summed E-state index contributed by atoms with van der Waals surface area (Å²) in [6, 6.07) is 16.8. The molecule has 6 heteroatoms. The van der Waals surface area contributed by atoms with Gasteiger partial charge in [0, 0.05) is 6.42 Å². The Bertz CT molecular complexity index is 732. The predicted molar refractivity (Wildman–Crippen MR) is 103 cm³/mol. The van der Waals surface area contributed by atoms with Gasteiger partial charge in [-0.05, 0) is 49.6 Å². The van der Waals surface area contributed by atoms with Crippen molar-refractivity contribution in [2.75, 3.05) is 6.61 Å². The first kappa shape index (κ1) is 20.3. The third kappa shape index (κ3) is 6.66. The minimum Gasteiger partial charge on any atom is -0.494 e. The monoisotopic (exact) mass is 370 g/mol. The van der Waals surface area contributed by atoms with Gasteiger partial charge >= 0.3 is 0 Å². The van der Waals surface area contributed by atoms with E-state index >= 15 is 0 Å². The van der Waals surface area contributed by atoms with Crippen LogP contribution in [0.2, 0.25) is 0 Å². The summed E-state index contributed by atoms with van der Waals surface area (Å²) in [5.41, 5.74) is 5.92. The molecule has 2 unspecified atom stereocenters. The Labute approximate surface area is 159 Å². The second kappa shape index (κ2) is 10.2. The lowest BCUT2D eigenvalue weighted by Crippen LogP contribution is -2.47. The number of nitrogens with one attached hydrogen (secondary N) is 2. The Kier molecular flexibility index (Phi) is 7.67. The van der Waals surface area contributed by atoms with Gasteiger partial charge in [0.1, 0.15) is 11.5 Å². The Balaban J connectivity index is 1.76. The molecule has 0 heterocycles. The molecule has 27 heavy (non-hydrogen) atoms. The van der Waals surface area contributed by atoms with E-state index < -0.39 is 12.0 Å². The van der Waals surface area contributed by atoms with E-state index in [2.05, 4.69) is 10.9 Å². The Morgan fingerprint density at radius 3 is 2.19 bits per heavy atom. The normalized spacial score (nSPS) is 12.6. The van der Waals surface area contributed by atoms with Crippen LogP contribution in [-0.4, -0.2) is 24.5 Å². The molecule has 2 aromatic carbocycles. The van der Waals surface area contributed by atoms with Crippen molar-refractivity contribution in [3.63, 3.8) is 0 Å². The molecule has 144 valence electrons. The van der Waals surface area contributed by atoms with E-state index in [0.29, 0.717) is 12.4 Å². The SMILES string of the molecule is CCOc1ccc(OC(C)C(=O)NNC(=O)CC(C)c2ccccc2)cc1. The van der Waals surface area contributed by atoms with Crippen molar-refractivity contribution in [2.45, 2.75) is 39.2 Å². The van der Waals surface area contributed by atoms with Crippen molar-refractivity contribution < 1.29 is 19.1 Å². The third-order valence-electron chi connectivity index (χ3n) is 4.00. The Morgan fingerprint density at radius 2 is 1.56 bits per heavy atom. The van der Waals surface area contributed by atoms with Gasteiger partial charge in [0.05, 0.1) is 6.61 Å². The molecule has 2 rings (SSSR count). The van der Waals surface area contributed by atoms with Crippen LogP contribution in [0.4, 0.5) is 0 Å².